The van der Waals surface area contributed by atoms with Crippen LogP contribution >= 0.6 is 11.8 Å². The number of rotatable bonds is 4. The number of nitrogens with zero attached hydrogens (tertiary/aromatic N) is 1. The molecule has 0 spiro atoms. The van der Waals surface area contributed by atoms with Crippen molar-refractivity contribution < 1.29 is 0 Å². The predicted octanol–water partition coefficient (Wildman–Crippen LogP) is 1.81. The highest BCUT2D eigenvalue weighted by Crippen LogP contribution is 2.23. The van der Waals surface area contributed by atoms with Gasteiger partial charge in [0.2, 0.25) is 0 Å². The number of nitrogens with one attached hydrogen (secondary N) is 1. The lowest BCUT2D eigenvalue weighted by atomic mass is 9.98. The lowest BCUT2D eigenvalue weighted by Gasteiger charge is -2.33. The summed E-state index contributed by atoms with van der Waals surface area (Å²) in [6.45, 7) is 7.37. The molecule has 2 aliphatic rings. The first-order chi connectivity index (χ1) is 7.40. The van der Waals surface area contributed by atoms with E-state index >= 15 is 0 Å². The van der Waals surface area contributed by atoms with Crippen molar-refractivity contribution in [2.45, 2.75) is 32.2 Å². The molecule has 2 saturated heterocycles. The third-order valence-electron chi connectivity index (χ3n) is 3.72. The van der Waals surface area contributed by atoms with Crippen molar-refractivity contribution in [2.75, 3.05) is 37.7 Å². The van der Waals surface area contributed by atoms with Crippen LogP contribution in [0.5, 0.6) is 0 Å². The Morgan fingerprint density at radius 1 is 1.40 bits per heavy atom. The van der Waals surface area contributed by atoms with Crippen LogP contribution in [0.3, 0.4) is 0 Å². The molecule has 88 valence electrons. The second-order valence-electron chi connectivity index (χ2n) is 4.82. The summed E-state index contributed by atoms with van der Waals surface area (Å²) in [7, 11) is 0. The minimum atomic E-state index is 0.877. The van der Waals surface area contributed by atoms with Crippen LogP contribution in [0.1, 0.15) is 26.2 Å². The zero-order chi connectivity index (χ0) is 10.5. The second kappa shape index (κ2) is 6.12. The van der Waals surface area contributed by atoms with Gasteiger partial charge >= 0.3 is 0 Å². The summed E-state index contributed by atoms with van der Waals surface area (Å²) in [5.74, 6) is 3.65. The first-order valence-corrected chi connectivity index (χ1v) is 7.58. The van der Waals surface area contributed by atoms with Crippen LogP contribution in [0, 0.1) is 5.92 Å². The maximum atomic E-state index is 3.52. The summed E-state index contributed by atoms with van der Waals surface area (Å²) >= 11 is 2.13. The maximum absolute atomic E-state index is 3.52. The van der Waals surface area contributed by atoms with E-state index in [9.17, 15) is 0 Å². The van der Waals surface area contributed by atoms with Crippen LogP contribution in [0.4, 0.5) is 0 Å². The van der Waals surface area contributed by atoms with Crippen LogP contribution < -0.4 is 5.32 Å². The van der Waals surface area contributed by atoms with Gasteiger partial charge in [-0.15, -0.1) is 0 Å². The molecular formula is C12H24N2S. The summed E-state index contributed by atoms with van der Waals surface area (Å²) in [5.41, 5.74) is 0. The van der Waals surface area contributed by atoms with Gasteiger partial charge in [0.25, 0.3) is 0 Å². The van der Waals surface area contributed by atoms with Gasteiger partial charge < -0.3 is 5.32 Å². The Kier molecular flexibility index (Phi) is 4.79. The average Bonchev–Trinajstić information content (AvgIpc) is 2.81. The molecule has 0 saturated carbocycles. The Morgan fingerprint density at radius 3 is 2.93 bits per heavy atom. The first-order valence-electron chi connectivity index (χ1n) is 6.42. The highest BCUT2D eigenvalue weighted by atomic mass is 32.2. The van der Waals surface area contributed by atoms with E-state index in [4.69, 9.17) is 0 Å². The van der Waals surface area contributed by atoms with Gasteiger partial charge in [0, 0.05) is 18.3 Å². The minimum absolute atomic E-state index is 0.877. The Bertz CT molecular complexity index is 174. The SMILES string of the molecule is CCN(CC1CCCNC1)C1CCSC1. The normalized spacial score (nSPS) is 32.4. The van der Waals surface area contributed by atoms with Crippen molar-refractivity contribution in [2.24, 2.45) is 5.92 Å². The van der Waals surface area contributed by atoms with Crippen molar-refractivity contribution in [3.05, 3.63) is 0 Å². The van der Waals surface area contributed by atoms with Crippen LogP contribution in [0.25, 0.3) is 0 Å². The molecule has 0 amide bonds. The molecule has 15 heavy (non-hydrogen) atoms. The zero-order valence-corrected chi connectivity index (χ0v) is 10.7. The quantitative estimate of drug-likeness (QED) is 0.790. The lowest BCUT2D eigenvalue weighted by Crippen LogP contribution is -2.43. The van der Waals surface area contributed by atoms with Gasteiger partial charge in [0.05, 0.1) is 0 Å². The molecule has 2 unspecified atom stereocenters. The van der Waals surface area contributed by atoms with E-state index in [0.29, 0.717) is 0 Å². The predicted molar refractivity (Wildman–Crippen MR) is 68.6 cm³/mol. The third-order valence-corrected chi connectivity index (χ3v) is 4.86. The topological polar surface area (TPSA) is 15.3 Å². The second-order valence-corrected chi connectivity index (χ2v) is 5.97. The van der Waals surface area contributed by atoms with Crippen LogP contribution in [-0.2, 0) is 0 Å². The third kappa shape index (κ3) is 3.36. The van der Waals surface area contributed by atoms with Crippen LogP contribution in [0.15, 0.2) is 0 Å². The Balaban J connectivity index is 1.78. The minimum Gasteiger partial charge on any atom is -0.316 e. The Labute approximate surface area is 98.2 Å². The molecule has 2 nitrogen and oxygen atoms in total. The molecule has 2 rings (SSSR count). The zero-order valence-electron chi connectivity index (χ0n) is 9.87. The first kappa shape index (κ1) is 11.7. The fraction of sp³-hybridized carbons (Fsp3) is 1.00. The molecule has 2 atom stereocenters. The van der Waals surface area contributed by atoms with E-state index in [1.54, 1.807) is 0 Å². The monoisotopic (exact) mass is 228 g/mol. The van der Waals surface area contributed by atoms with Gasteiger partial charge in [-0.1, -0.05) is 6.92 Å². The van der Waals surface area contributed by atoms with Crippen LogP contribution in [0.2, 0.25) is 0 Å². The van der Waals surface area contributed by atoms with E-state index in [1.165, 1.54) is 56.9 Å². The molecular weight excluding hydrogens is 204 g/mol. The van der Waals surface area contributed by atoms with Gasteiger partial charge in [-0.3, -0.25) is 4.90 Å². The fourth-order valence-corrected chi connectivity index (χ4v) is 4.01. The molecule has 0 radical (unpaired) electrons. The average molecular weight is 228 g/mol. The number of piperidine rings is 1. The van der Waals surface area contributed by atoms with Gasteiger partial charge in [0.15, 0.2) is 0 Å². The fourth-order valence-electron chi connectivity index (χ4n) is 2.76. The van der Waals surface area contributed by atoms with Crippen molar-refractivity contribution in [1.29, 1.82) is 0 Å². The van der Waals surface area contributed by atoms with E-state index < -0.39 is 0 Å². The van der Waals surface area contributed by atoms with Gasteiger partial charge in [-0.2, -0.15) is 11.8 Å². The summed E-state index contributed by atoms with van der Waals surface area (Å²) in [6, 6.07) is 0.877. The number of hydrogen-bond acceptors (Lipinski definition) is 3. The van der Waals surface area contributed by atoms with E-state index in [1.807, 2.05) is 0 Å². The van der Waals surface area contributed by atoms with Gasteiger partial charge in [-0.25, -0.2) is 0 Å². The van der Waals surface area contributed by atoms with Crippen molar-refractivity contribution >= 4 is 11.8 Å². The summed E-state index contributed by atoms with van der Waals surface area (Å²) < 4.78 is 0. The van der Waals surface area contributed by atoms with Crippen molar-refractivity contribution in [3.8, 4) is 0 Å². The summed E-state index contributed by atoms with van der Waals surface area (Å²) in [5, 5.41) is 3.52. The smallest absolute Gasteiger partial charge is 0.0194 e. The van der Waals surface area contributed by atoms with Crippen LogP contribution in [-0.4, -0.2) is 48.6 Å². The molecule has 2 fully saturated rings. The lowest BCUT2D eigenvalue weighted by molar-refractivity contribution is 0.173. The molecule has 0 aromatic rings. The highest BCUT2D eigenvalue weighted by molar-refractivity contribution is 7.99. The molecule has 2 heterocycles. The number of hydrogen-bond donors (Lipinski definition) is 1. The Morgan fingerprint density at radius 2 is 2.33 bits per heavy atom. The largest absolute Gasteiger partial charge is 0.316 e. The molecule has 3 heteroatoms. The Hall–Kier alpha value is 0.270. The van der Waals surface area contributed by atoms with Gasteiger partial charge in [-0.05, 0) is 50.6 Å². The standard InChI is InChI=1S/C12H24N2S/c1-2-14(12-5-7-15-10-12)9-11-4-3-6-13-8-11/h11-13H,2-10H2,1H3. The molecule has 0 bridgehead atoms. The van der Waals surface area contributed by atoms with Crippen molar-refractivity contribution in [3.63, 3.8) is 0 Å². The molecule has 0 aromatic carbocycles. The molecule has 2 aliphatic heterocycles. The molecule has 0 aliphatic carbocycles. The molecule has 0 aromatic heterocycles. The number of thioether (sulfide) groups is 1. The summed E-state index contributed by atoms with van der Waals surface area (Å²) in [6.07, 6.45) is 4.23. The highest BCUT2D eigenvalue weighted by Gasteiger charge is 2.24. The van der Waals surface area contributed by atoms with Gasteiger partial charge in [0.1, 0.15) is 0 Å². The summed E-state index contributed by atoms with van der Waals surface area (Å²) in [4.78, 5) is 2.72. The maximum Gasteiger partial charge on any atom is 0.0194 e. The molecule has 1 N–H and O–H groups in total. The van der Waals surface area contributed by atoms with E-state index in [2.05, 4.69) is 28.9 Å². The van der Waals surface area contributed by atoms with E-state index in [-0.39, 0.29) is 0 Å². The van der Waals surface area contributed by atoms with Crippen molar-refractivity contribution in [1.82, 2.24) is 10.2 Å². The van der Waals surface area contributed by atoms with E-state index in [0.717, 1.165) is 12.0 Å².